The lowest BCUT2D eigenvalue weighted by Crippen LogP contribution is -3.00. The average Bonchev–Trinajstić information content (AvgIpc) is 2.63. The van der Waals surface area contributed by atoms with Gasteiger partial charge in [-0.25, -0.2) is 0 Å². The van der Waals surface area contributed by atoms with E-state index in [0.717, 1.165) is 11.1 Å². The van der Waals surface area contributed by atoms with Crippen molar-refractivity contribution in [2.24, 2.45) is 7.05 Å². The predicted octanol–water partition coefficient (Wildman–Crippen LogP) is 1.53. The van der Waals surface area contributed by atoms with Crippen molar-refractivity contribution in [3.8, 4) is 11.8 Å². The fourth-order valence-electron chi connectivity index (χ4n) is 3.21. The van der Waals surface area contributed by atoms with E-state index in [4.69, 9.17) is 0 Å². The Balaban J connectivity index is 0.00000182. The molecule has 0 bridgehead atoms. The second kappa shape index (κ2) is 7.25. The van der Waals surface area contributed by atoms with E-state index in [2.05, 4.69) is 91.0 Å². The Kier molecular flexibility index (Phi) is 5.06. The zero-order valence-electron chi connectivity index (χ0n) is 14.3. The summed E-state index contributed by atoms with van der Waals surface area (Å²) in [5.41, 5.74) is 5.79. The summed E-state index contributed by atoms with van der Waals surface area (Å²) in [4.78, 5) is 0. The highest BCUT2D eigenvalue weighted by atomic mass is 127. The van der Waals surface area contributed by atoms with E-state index in [1.807, 2.05) is 12.1 Å². The van der Waals surface area contributed by atoms with E-state index < -0.39 is 0 Å². The lowest BCUT2D eigenvalue weighted by Gasteiger charge is -2.05. The van der Waals surface area contributed by atoms with Crippen LogP contribution >= 0.6 is 0 Å². The number of halogens is 1. The van der Waals surface area contributed by atoms with Crippen LogP contribution in [0.25, 0.3) is 21.8 Å². The van der Waals surface area contributed by atoms with Crippen LogP contribution < -0.4 is 28.5 Å². The number of nitrogens with zero attached hydrogens (tertiary/aromatic N) is 1. The first-order valence-electron chi connectivity index (χ1n) is 8.13. The number of fused-ring (bicyclic) bond motifs is 2. The van der Waals surface area contributed by atoms with Crippen LogP contribution in [-0.2, 0) is 7.05 Å². The number of hydrogen-bond acceptors (Lipinski definition) is 0. The maximum atomic E-state index is 3.45. The Morgan fingerprint density at radius 1 is 0.680 bits per heavy atom. The Hall–Kier alpha value is -2.38. The van der Waals surface area contributed by atoms with Gasteiger partial charge in [-0.3, -0.25) is 0 Å². The first kappa shape index (κ1) is 17.4. The van der Waals surface area contributed by atoms with Crippen molar-refractivity contribution < 1.29 is 28.5 Å². The topological polar surface area (TPSA) is 3.88 Å². The van der Waals surface area contributed by atoms with Gasteiger partial charge in [-0.2, -0.15) is 4.57 Å². The normalized spacial score (nSPS) is 10.2. The van der Waals surface area contributed by atoms with Crippen molar-refractivity contribution in [1.29, 1.82) is 0 Å². The third-order valence-electron chi connectivity index (χ3n) is 4.54. The van der Waals surface area contributed by atoms with Gasteiger partial charge in [0.25, 0.3) is 0 Å². The second-order valence-corrected chi connectivity index (χ2v) is 6.03. The molecule has 0 aliphatic carbocycles. The fraction of sp³-hybridized carbons (Fsp3) is 0.0870. The van der Waals surface area contributed by atoms with E-state index in [0.29, 0.717) is 0 Å². The molecule has 0 saturated carbocycles. The SMILES string of the molecule is Cc1ccccc1C#Cc1c2ccccc2[n+](C)c2ccccc12.[I-]. The molecule has 0 atom stereocenters. The largest absolute Gasteiger partial charge is 1.00 e. The summed E-state index contributed by atoms with van der Waals surface area (Å²) in [6.07, 6.45) is 0. The van der Waals surface area contributed by atoms with Crippen LogP contribution in [0.1, 0.15) is 16.7 Å². The minimum absolute atomic E-state index is 0. The number of pyridine rings is 1. The lowest BCUT2D eigenvalue weighted by molar-refractivity contribution is -0.617. The van der Waals surface area contributed by atoms with Gasteiger partial charge >= 0.3 is 0 Å². The van der Waals surface area contributed by atoms with Crippen LogP contribution in [0.5, 0.6) is 0 Å². The zero-order chi connectivity index (χ0) is 16.5. The molecule has 1 heterocycles. The predicted molar refractivity (Wildman–Crippen MR) is 99.8 cm³/mol. The molecule has 2 heteroatoms. The molecule has 25 heavy (non-hydrogen) atoms. The molecule has 0 unspecified atom stereocenters. The zero-order valence-corrected chi connectivity index (χ0v) is 16.4. The van der Waals surface area contributed by atoms with Crippen LogP contribution in [0, 0.1) is 18.8 Å². The molecule has 0 amide bonds. The maximum Gasteiger partial charge on any atom is 0.214 e. The van der Waals surface area contributed by atoms with Gasteiger partial charge in [0, 0.05) is 17.7 Å². The Labute approximate surface area is 165 Å². The summed E-state index contributed by atoms with van der Waals surface area (Å²) < 4.78 is 2.24. The fourth-order valence-corrected chi connectivity index (χ4v) is 3.21. The molecule has 0 radical (unpaired) electrons. The van der Waals surface area contributed by atoms with Gasteiger partial charge in [0.1, 0.15) is 7.05 Å². The molecule has 0 aliphatic heterocycles. The van der Waals surface area contributed by atoms with Gasteiger partial charge in [0.05, 0.1) is 16.3 Å². The number of aromatic nitrogens is 1. The highest BCUT2D eigenvalue weighted by Gasteiger charge is 2.15. The molecule has 4 aromatic rings. The third-order valence-corrected chi connectivity index (χ3v) is 4.54. The van der Waals surface area contributed by atoms with E-state index in [9.17, 15) is 0 Å². The smallest absolute Gasteiger partial charge is 0.214 e. The molecule has 122 valence electrons. The van der Waals surface area contributed by atoms with E-state index >= 15 is 0 Å². The van der Waals surface area contributed by atoms with Gasteiger partial charge in [-0.15, -0.1) is 0 Å². The first-order chi connectivity index (χ1) is 11.8. The summed E-state index contributed by atoms with van der Waals surface area (Å²) >= 11 is 0. The lowest BCUT2D eigenvalue weighted by atomic mass is 10.0. The maximum absolute atomic E-state index is 3.45. The molecule has 0 spiro atoms. The molecule has 0 saturated heterocycles. The molecule has 1 aromatic heterocycles. The van der Waals surface area contributed by atoms with Crippen molar-refractivity contribution in [3.63, 3.8) is 0 Å². The standard InChI is InChI=1S/C23H18N.HI/c1-17-9-3-4-10-18(17)15-16-19-20-11-5-7-13-22(20)24(2)23-14-8-6-12-21(19)23;/h3-14H,1-2H3;1H/q+1;/p-1. The second-order valence-electron chi connectivity index (χ2n) is 6.03. The molecule has 0 fully saturated rings. The summed E-state index contributed by atoms with van der Waals surface area (Å²) in [5.74, 6) is 6.83. The minimum Gasteiger partial charge on any atom is -1.00 e. The molecule has 1 nitrogen and oxygen atoms in total. The number of rotatable bonds is 0. The van der Waals surface area contributed by atoms with E-state index in [1.54, 1.807) is 0 Å². The summed E-state index contributed by atoms with van der Waals surface area (Å²) in [6.45, 7) is 2.10. The molecular weight excluding hydrogens is 417 g/mol. The summed E-state index contributed by atoms with van der Waals surface area (Å²) in [5, 5.41) is 2.39. The first-order valence-corrected chi connectivity index (χ1v) is 8.13. The van der Waals surface area contributed by atoms with Crippen molar-refractivity contribution >= 4 is 21.8 Å². The van der Waals surface area contributed by atoms with Crippen molar-refractivity contribution in [1.82, 2.24) is 0 Å². The molecule has 0 N–H and O–H groups in total. The van der Waals surface area contributed by atoms with Crippen LogP contribution in [0.2, 0.25) is 0 Å². The van der Waals surface area contributed by atoms with Gasteiger partial charge < -0.3 is 24.0 Å². The number of para-hydroxylation sites is 2. The number of hydrogen-bond donors (Lipinski definition) is 0. The highest BCUT2D eigenvalue weighted by molar-refractivity contribution is 5.97. The highest BCUT2D eigenvalue weighted by Crippen LogP contribution is 2.23. The molecular formula is C23H18IN. The monoisotopic (exact) mass is 435 g/mol. The van der Waals surface area contributed by atoms with Crippen LogP contribution in [0.4, 0.5) is 0 Å². The van der Waals surface area contributed by atoms with Gasteiger partial charge in [-0.05, 0) is 30.7 Å². The molecule has 3 aromatic carbocycles. The van der Waals surface area contributed by atoms with Crippen LogP contribution in [0.3, 0.4) is 0 Å². The van der Waals surface area contributed by atoms with E-state index in [-0.39, 0.29) is 24.0 Å². The van der Waals surface area contributed by atoms with Crippen molar-refractivity contribution in [2.45, 2.75) is 6.92 Å². The third kappa shape index (κ3) is 3.12. The van der Waals surface area contributed by atoms with Gasteiger partial charge in [-0.1, -0.05) is 54.3 Å². The van der Waals surface area contributed by atoms with Crippen molar-refractivity contribution in [3.05, 3.63) is 89.5 Å². The summed E-state index contributed by atoms with van der Waals surface area (Å²) in [7, 11) is 2.11. The number of benzene rings is 3. The molecule has 4 rings (SSSR count). The Morgan fingerprint density at radius 2 is 1.20 bits per heavy atom. The number of aryl methyl sites for hydroxylation is 2. The quantitative estimate of drug-likeness (QED) is 0.171. The van der Waals surface area contributed by atoms with Crippen LogP contribution in [-0.4, -0.2) is 0 Å². The van der Waals surface area contributed by atoms with Crippen LogP contribution in [0.15, 0.2) is 72.8 Å². The Bertz CT molecular complexity index is 1080. The molecule has 0 aliphatic rings. The van der Waals surface area contributed by atoms with E-state index in [1.165, 1.54) is 27.4 Å². The van der Waals surface area contributed by atoms with Gasteiger partial charge in [0.2, 0.25) is 11.0 Å². The Morgan fingerprint density at radius 3 is 1.80 bits per heavy atom. The summed E-state index contributed by atoms with van der Waals surface area (Å²) in [6, 6.07) is 25.2. The van der Waals surface area contributed by atoms with Crippen molar-refractivity contribution in [2.75, 3.05) is 0 Å². The van der Waals surface area contributed by atoms with Gasteiger partial charge in [0.15, 0.2) is 0 Å². The average molecular weight is 435 g/mol. The minimum atomic E-state index is 0.